The van der Waals surface area contributed by atoms with Gasteiger partial charge in [-0.25, -0.2) is 4.98 Å². The van der Waals surface area contributed by atoms with E-state index in [1.54, 1.807) is 25.4 Å². The summed E-state index contributed by atoms with van der Waals surface area (Å²) in [4.78, 5) is 36.5. The molecule has 11 heteroatoms. The minimum Gasteiger partial charge on any atom is -0.485 e. The standard InChI is InChI=1S/C30H38N6O5/c1-20-28-7-8-35(16-22(28)3-4-29(20)40-18-27-15-32-19-41-27)17-26(38)14-33-30(39)23-11-25(13-31-12-23)34-24-5-9-36(10-6-24)21(2)37/h3-4,11-13,15,19,24,26,34,38H,5-10,14,16-18H2,1-2H3,(H,33,39)/t26-/m0/s1. The van der Waals surface area contributed by atoms with E-state index in [2.05, 4.69) is 38.5 Å². The van der Waals surface area contributed by atoms with Crippen molar-refractivity contribution in [2.45, 2.75) is 58.4 Å². The molecule has 0 bridgehead atoms. The van der Waals surface area contributed by atoms with Crippen LogP contribution in [0.25, 0.3) is 0 Å². The molecule has 11 nitrogen and oxygen atoms in total. The number of oxazole rings is 1. The molecule has 2 amide bonds. The lowest BCUT2D eigenvalue weighted by Crippen LogP contribution is -2.42. The predicted octanol–water partition coefficient (Wildman–Crippen LogP) is 2.53. The van der Waals surface area contributed by atoms with Crippen molar-refractivity contribution in [1.29, 1.82) is 0 Å². The molecule has 218 valence electrons. The second kappa shape index (κ2) is 13.1. The van der Waals surface area contributed by atoms with Crippen LogP contribution in [0.4, 0.5) is 5.69 Å². The first kappa shape index (κ1) is 28.6. The minimum atomic E-state index is -0.702. The normalized spacial score (nSPS) is 16.6. The highest BCUT2D eigenvalue weighted by atomic mass is 16.5. The lowest BCUT2D eigenvalue weighted by Gasteiger charge is -2.32. The van der Waals surface area contributed by atoms with Crippen LogP contribution in [0.3, 0.4) is 0 Å². The number of pyridine rings is 1. The summed E-state index contributed by atoms with van der Waals surface area (Å²) in [5, 5.41) is 17.0. The quantitative estimate of drug-likeness (QED) is 0.341. The Hall–Kier alpha value is -3.96. The number of carbonyl (C=O) groups excluding carboxylic acids is 2. The Kier molecular flexibility index (Phi) is 9.15. The first-order chi connectivity index (χ1) is 19.9. The van der Waals surface area contributed by atoms with Crippen LogP contribution in [-0.4, -0.2) is 81.6 Å². The number of aliphatic hydroxyl groups is 1. The molecule has 1 aromatic carbocycles. The van der Waals surface area contributed by atoms with Crippen LogP contribution < -0.4 is 15.4 Å². The summed E-state index contributed by atoms with van der Waals surface area (Å²) < 4.78 is 11.2. The highest BCUT2D eigenvalue weighted by Crippen LogP contribution is 2.30. The Balaban J connectivity index is 1.07. The third kappa shape index (κ3) is 7.42. The molecule has 4 heterocycles. The van der Waals surface area contributed by atoms with Crippen molar-refractivity contribution in [1.82, 2.24) is 25.1 Å². The molecule has 0 unspecified atom stereocenters. The van der Waals surface area contributed by atoms with Gasteiger partial charge >= 0.3 is 0 Å². The Morgan fingerprint density at radius 2 is 2.00 bits per heavy atom. The van der Waals surface area contributed by atoms with Gasteiger partial charge in [-0.3, -0.25) is 19.5 Å². The number of β-amino-alcohol motifs (C(OH)–C–C–N with tert-alkyl or cyclic N) is 1. The van der Waals surface area contributed by atoms with Gasteiger partial charge in [-0.2, -0.15) is 0 Å². The summed E-state index contributed by atoms with van der Waals surface area (Å²) >= 11 is 0. The fourth-order valence-corrected chi connectivity index (χ4v) is 5.54. The van der Waals surface area contributed by atoms with E-state index in [1.165, 1.54) is 23.7 Å². The molecular weight excluding hydrogens is 524 g/mol. The molecular formula is C30H38N6O5. The van der Waals surface area contributed by atoms with E-state index < -0.39 is 6.10 Å². The second-order valence-electron chi connectivity index (χ2n) is 10.8. The maximum Gasteiger partial charge on any atom is 0.253 e. The van der Waals surface area contributed by atoms with Gasteiger partial charge in [0.2, 0.25) is 5.91 Å². The molecule has 0 saturated carbocycles. The number of piperidine rings is 1. The number of amides is 2. The van der Waals surface area contributed by atoms with E-state index in [9.17, 15) is 14.7 Å². The Bertz CT molecular complexity index is 1340. The average molecular weight is 563 g/mol. The van der Waals surface area contributed by atoms with Crippen LogP contribution in [0, 0.1) is 6.92 Å². The second-order valence-corrected chi connectivity index (χ2v) is 10.8. The van der Waals surface area contributed by atoms with Gasteiger partial charge in [0.05, 0.1) is 23.6 Å². The Labute approximate surface area is 239 Å². The van der Waals surface area contributed by atoms with E-state index >= 15 is 0 Å². The van der Waals surface area contributed by atoms with Crippen LogP contribution in [0.5, 0.6) is 5.75 Å². The summed E-state index contributed by atoms with van der Waals surface area (Å²) in [6, 6.07) is 6.07. The van der Waals surface area contributed by atoms with Crippen molar-refractivity contribution in [3.8, 4) is 5.75 Å². The molecule has 2 aliphatic rings. The van der Waals surface area contributed by atoms with Crippen molar-refractivity contribution >= 4 is 17.5 Å². The molecule has 41 heavy (non-hydrogen) atoms. The van der Waals surface area contributed by atoms with Gasteiger partial charge in [-0.15, -0.1) is 0 Å². The van der Waals surface area contributed by atoms with E-state index in [0.717, 1.165) is 62.4 Å². The average Bonchev–Trinajstić information content (AvgIpc) is 3.50. The van der Waals surface area contributed by atoms with Crippen LogP contribution in [0.1, 0.15) is 52.6 Å². The van der Waals surface area contributed by atoms with Crippen molar-refractivity contribution in [3.05, 3.63) is 71.2 Å². The monoisotopic (exact) mass is 562 g/mol. The fourth-order valence-electron chi connectivity index (χ4n) is 5.54. The topological polar surface area (TPSA) is 133 Å². The van der Waals surface area contributed by atoms with Gasteiger partial charge in [0.1, 0.15) is 12.4 Å². The van der Waals surface area contributed by atoms with E-state index in [0.29, 0.717) is 24.5 Å². The number of nitrogens with zero attached hydrogens (tertiary/aromatic N) is 4. The van der Waals surface area contributed by atoms with Crippen molar-refractivity contribution in [2.75, 3.05) is 38.0 Å². The highest BCUT2D eigenvalue weighted by molar-refractivity contribution is 5.94. The van der Waals surface area contributed by atoms with Gasteiger partial charge in [-0.05, 0) is 55.0 Å². The molecule has 2 aliphatic heterocycles. The number of fused-ring (bicyclic) bond motifs is 1. The van der Waals surface area contributed by atoms with Gasteiger partial charge < -0.3 is 29.8 Å². The number of hydrogen-bond donors (Lipinski definition) is 3. The van der Waals surface area contributed by atoms with Gasteiger partial charge in [0, 0.05) is 64.6 Å². The molecule has 2 aromatic heterocycles. The maximum atomic E-state index is 12.8. The van der Waals surface area contributed by atoms with Gasteiger partial charge in [0.15, 0.2) is 12.2 Å². The Morgan fingerprint density at radius 1 is 1.17 bits per heavy atom. The number of hydrogen-bond acceptors (Lipinski definition) is 9. The molecule has 1 saturated heterocycles. The zero-order chi connectivity index (χ0) is 28.8. The Morgan fingerprint density at radius 3 is 2.76 bits per heavy atom. The van der Waals surface area contributed by atoms with E-state index in [4.69, 9.17) is 9.15 Å². The highest BCUT2D eigenvalue weighted by Gasteiger charge is 2.23. The van der Waals surface area contributed by atoms with Crippen molar-refractivity contribution in [3.63, 3.8) is 0 Å². The fraction of sp³-hybridized carbons (Fsp3) is 0.467. The molecule has 1 fully saturated rings. The van der Waals surface area contributed by atoms with Crippen molar-refractivity contribution < 1.29 is 23.8 Å². The minimum absolute atomic E-state index is 0.103. The number of likely N-dealkylation sites (tertiary alicyclic amines) is 1. The molecule has 0 aliphatic carbocycles. The summed E-state index contributed by atoms with van der Waals surface area (Å²) in [5.74, 6) is 1.34. The maximum absolute atomic E-state index is 12.8. The predicted molar refractivity (Wildman–Crippen MR) is 152 cm³/mol. The SMILES string of the molecule is CC(=O)N1CCC(Nc2cncc(C(=O)NC[C@H](O)CN3CCc4c(ccc(OCc5cnco5)c4C)C3)c2)CC1. The molecule has 5 rings (SSSR count). The lowest BCUT2D eigenvalue weighted by atomic mass is 9.94. The molecule has 3 aromatic rings. The summed E-state index contributed by atoms with van der Waals surface area (Å²) in [5.41, 5.74) is 4.84. The largest absolute Gasteiger partial charge is 0.485 e. The first-order valence-electron chi connectivity index (χ1n) is 14.1. The molecule has 3 N–H and O–H groups in total. The molecule has 0 spiro atoms. The summed E-state index contributed by atoms with van der Waals surface area (Å²) in [6.45, 7) is 7.60. The molecule has 1 atom stereocenters. The van der Waals surface area contributed by atoms with Gasteiger partial charge in [0.25, 0.3) is 5.91 Å². The number of anilines is 1. The first-order valence-corrected chi connectivity index (χ1v) is 14.1. The number of ether oxygens (including phenoxy) is 1. The number of rotatable bonds is 10. The number of benzene rings is 1. The molecule has 0 radical (unpaired) electrons. The third-order valence-corrected chi connectivity index (χ3v) is 7.85. The summed E-state index contributed by atoms with van der Waals surface area (Å²) in [6.07, 6.45) is 8.12. The van der Waals surface area contributed by atoms with Crippen LogP contribution in [0.15, 0.2) is 47.6 Å². The van der Waals surface area contributed by atoms with E-state index in [-0.39, 0.29) is 24.4 Å². The smallest absolute Gasteiger partial charge is 0.253 e. The van der Waals surface area contributed by atoms with Crippen LogP contribution in [-0.2, 0) is 24.4 Å². The van der Waals surface area contributed by atoms with Crippen molar-refractivity contribution in [2.24, 2.45) is 0 Å². The van der Waals surface area contributed by atoms with E-state index in [1.807, 2.05) is 11.0 Å². The number of nitrogens with one attached hydrogen (secondary N) is 2. The number of aliphatic hydroxyl groups excluding tert-OH is 1. The lowest BCUT2D eigenvalue weighted by molar-refractivity contribution is -0.129. The number of aromatic nitrogens is 2. The third-order valence-electron chi connectivity index (χ3n) is 7.85. The van der Waals surface area contributed by atoms with Crippen LogP contribution in [0.2, 0.25) is 0 Å². The van der Waals surface area contributed by atoms with Crippen LogP contribution >= 0.6 is 0 Å². The zero-order valence-corrected chi connectivity index (χ0v) is 23.6. The number of carbonyl (C=O) groups is 2. The van der Waals surface area contributed by atoms with Gasteiger partial charge in [-0.1, -0.05) is 6.07 Å². The zero-order valence-electron chi connectivity index (χ0n) is 23.6. The summed E-state index contributed by atoms with van der Waals surface area (Å²) in [7, 11) is 0.